The molecule has 3 amide bonds. The van der Waals surface area contributed by atoms with Gasteiger partial charge in [0.2, 0.25) is 0 Å². The number of amides is 3. The van der Waals surface area contributed by atoms with Crippen LogP contribution in [-0.2, 0) is 10.2 Å². The Morgan fingerprint density at radius 3 is 2.15 bits per heavy atom. The van der Waals surface area contributed by atoms with E-state index >= 15 is 0 Å². The monoisotopic (exact) mass is 531 g/mol. The maximum atomic E-state index is 14.5. The number of pyridine rings is 1. The van der Waals surface area contributed by atoms with E-state index in [-0.39, 0.29) is 17.7 Å². The standard InChI is InChI=1S/C30H34FN5O3/c1-21(37)30(22-7-5-4-6-8-22)11-13-34(14-12-30)27-24-19-23(31)9-10-26(24)32-20-25(27)28(38)35-15-17-36(18-16-35)29(39)33(2)3/h4-10,19-20H,11-18H2,1-3H3. The number of piperazine rings is 1. The maximum Gasteiger partial charge on any atom is 0.319 e. The van der Waals surface area contributed by atoms with E-state index < -0.39 is 11.2 Å². The number of aromatic nitrogens is 1. The van der Waals surface area contributed by atoms with Gasteiger partial charge in [-0.25, -0.2) is 9.18 Å². The Morgan fingerprint density at radius 2 is 1.54 bits per heavy atom. The highest BCUT2D eigenvalue weighted by Gasteiger charge is 2.41. The van der Waals surface area contributed by atoms with Gasteiger partial charge < -0.3 is 19.6 Å². The van der Waals surface area contributed by atoms with Crippen LogP contribution in [0.2, 0.25) is 0 Å². The number of rotatable bonds is 4. The van der Waals surface area contributed by atoms with Crippen molar-refractivity contribution in [1.82, 2.24) is 19.7 Å². The van der Waals surface area contributed by atoms with Crippen LogP contribution in [0.1, 0.15) is 35.7 Å². The van der Waals surface area contributed by atoms with E-state index in [1.54, 1.807) is 43.1 Å². The summed E-state index contributed by atoms with van der Waals surface area (Å²) in [5.74, 6) is -0.460. The Morgan fingerprint density at radius 1 is 0.897 bits per heavy atom. The second-order valence-corrected chi connectivity index (χ2v) is 10.6. The van der Waals surface area contributed by atoms with Crippen LogP contribution in [0.5, 0.6) is 0 Å². The van der Waals surface area contributed by atoms with Crippen LogP contribution in [-0.4, -0.2) is 90.8 Å². The van der Waals surface area contributed by atoms with Gasteiger partial charge in [-0.05, 0) is 43.5 Å². The Hall–Kier alpha value is -4.01. The molecule has 0 N–H and O–H groups in total. The second kappa shape index (κ2) is 10.6. The molecule has 8 nitrogen and oxygen atoms in total. The number of carbonyl (C=O) groups excluding carboxylic acids is 3. The van der Waals surface area contributed by atoms with Crippen LogP contribution in [0, 0.1) is 5.82 Å². The number of piperidine rings is 1. The molecule has 2 aliphatic heterocycles. The third-order valence-corrected chi connectivity index (χ3v) is 8.19. The van der Waals surface area contributed by atoms with Crippen molar-refractivity contribution in [1.29, 1.82) is 0 Å². The zero-order valence-electron chi connectivity index (χ0n) is 22.7. The zero-order chi connectivity index (χ0) is 27.7. The molecule has 204 valence electrons. The number of anilines is 1. The van der Waals surface area contributed by atoms with Gasteiger partial charge in [0, 0.05) is 64.9 Å². The van der Waals surface area contributed by atoms with Crippen molar-refractivity contribution in [3.63, 3.8) is 0 Å². The highest BCUT2D eigenvalue weighted by molar-refractivity contribution is 6.07. The van der Waals surface area contributed by atoms with E-state index in [1.165, 1.54) is 17.0 Å². The molecule has 2 saturated heterocycles. The Bertz CT molecular complexity index is 1390. The quantitative estimate of drug-likeness (QED) is 0.510. The lowest BCUT2D eigenvalue weighted by Crippen LogP contribution is -2.53. The van der Waals surface area contributed by atoms with Crippen molar-refractivity contribution in [2.24, 2.45) is 0 Å². The molecule has 3 aromatic rings. The number of hydrogen-bond donors (Lipinski definition) is 0. The number of fused-ring (bicyclic) bond motifs is 1. The minimum Gasteiger partial charge on any atom is -0.370 e. The van der Waals surface area contributed by atoms with E-state index in [1.807, 2.05) is 30.3 Å². The SMILES string of the molecule is CC(=O)C1(c2ccccc2)CCN(c2c(C(=O)N3CCN(C(=O)N(C)C)CC3)cnc3ccc(F)cc23)CC1. The van der Waals surface area contributed by atoms with Crippen LogP contribution in [0.3, 0.4) is 0 Å². The van der Waals surface area contributed by atoms with Gasteiger partial charge in [-0.2, -0.15) is 0 Å². The lowest BCUT2D eigenvalue weighted by atomic mass is 9.70. The average molecular weight is 532 g/mol. The van der Waals surface area contributed by atoms with E-state index in [0.29, 0.717) is 74.3 Å². The number of nitrogens with zero attached hydrogens (tertiary/aromatic N) is 5. The zero-order valence-corrected chi connectivity index (χ0v) is 22.7. The summed E-state index contributed by atoms with van der Waals surface area (Å²) < 4.78 is 14.5. The lowest BCUT2D eigenvalue weighted by Gasteiger charge is -2.42. The topological polar surface area (TPSA) is 77.1 Å². The Kier molecular flexibility index (Phi) is 7.25. The highest BCUT2D eigenvalue weighted by Crippen LogP contribution is 2.40. The number of ketones is 1. The fourth-order valence-electron chi connectivity index (χ4n) is 5.92. The van der Waals surface area contributed by atoms with Crippen LogP contribution in [0.25, 0.3) is 10.9 Å². The fourth-order valence-corrected chi connectivity index (χ4v) is 5.92. The van der Waals surface area contributed by atoms with Crippen molar-refractivity contribution in [2.45, 2.75) is 25.2 Å². The molecular formula is C30H34FN5O3. The molecule has 0 bridgehead atoms. The normalized spacial score (nSPS) is 17.3. The molecule has 5 rings (SSSR count). The second-order valence-electron chi connectivity index (χ2n) is 10.6. The molecule has 2 aliphatic rings. The van der Waals surface area contributed by atoms with E-state index in [4.69, 9.17) is 0 Å². The van der Waals surface area contributed by atoms with E-state index in [2.05, 4.69) is 9.88 Å². The van der Waals surface area contributed by atoms with Gasteiger partial charge >= 0.3 is 6.03 Å². The van der Waals surface area contributed by atoms with Crippen molar-refractivity contribution in [3.8, 4) is 0 Å². The lowest BCUT2D eigenvalue weighted by molar-refractivity contribution is -0.123. The molecule has 0 spiro atoms. The van der Waals surface area contributed by atoms with Crippen molar-refractivity contribution < 1.29 is 18.8 Å². The molecule has 0 saturated carbocycles. The first kappa shape index (κ1) is 26.6. The smallest absolute Gasteiger partial charge is 0.319 e. The number of benzene rings is 2. The Labute approximate surface area is 228 Å². The minimum absolute atomic E-state index is 0.0775. The first-order valence-corrected chi connectivity index (χ1v) is 13.4. The van der Waals surface area contributed by atoms with Crippen molar-refractivity contribution in [3.05, 3.63) is 71.7 Å². The van der Waals surface area contributed by atoms with Crippen LogP contribution in [0.15, 0.2) is 54.7 Å². The first-order chi connectivity index (χ1) is 18.7. The van der Waals surface area contributed by atoms with Gasteiger partial charge in [0.1, 0.15) is 11.6 Å². The van der Waals surface area contributed by atoms with Gasteiger partial charge in [-0.15, -0.1) is 0 Å². The minimum atomic E-state index is -0.592. The molecule has 0 unspecified atom stereocenters. The summed E-state index contributed by atoms with van der Waals surface area (Å²) in [6.07, 6.45) is 2.76. The summed E-state index contributed by atoms with van der Waals surface area (Å²) in [5.41, 5.74) is 2.09. The number of halogens is 1. The summed E-state index contributed by atoms with van der Waals surface area (Å²) in [5, 5.41) is 0.581. The van der Waals surface area contributed by atoms with E-state index in [0.717, 1.165) is 5.56 Å². The predicted octanol–water partition coefficient (Wildman–Crippen LogP) is 3.94. The third kappa shape index (κ3) is 4.93. The maximum absolute atomic E-state index is 14.5. The van der Waals surface area contributed by atoms with Gasteiger partial charge in [0.15, 0.2) is 0 Å². The molecule has 0 aliphatic carbocycles. The number of urea groups is 1. The van der Waals surface area contributed by atoms with Gasteiger partial charge in [-0.3, -0.25) is 14.6 Å². The molecular weight excluding hydrogens is 497 g/mol. The fraction of sp³-hybridized carbons (Fsp3) is 0.400. The largest absolute Gasteiger partial charge is 0.370 e. The molecule has 39 heavy (non-hydrogen) atoms. The van der Waals surface area contributed by atoms with Crippen LogP contribution < -0.4 is 4.90 Å². The number of carbonyl (C=O) groups is 3. The average Bonchev–Trinajstić information content (AvgIpc) is 2.96. The van der Waals surface area contributed by atoms with E-state index in [9.17, 15) is 18.8 Å². The molecule has 2 fully saturated rings. The third-order valence-electron chi connectivity index (χ3n) is 8.19. The summed E-state index contributed by atoms with van der Waals surface area (Å²) in [6, 6.07) is 14.2. The number of hydrogen-bond acceptors (Lipinski definition) is 5. The molecule has 3 heterocycles. The molecule has 1 aromatic heterocycles. The molecule has 9 heteroatoms. The highest BCUT2D eigenvalue weighted by atomic mass is 19.1. The van der Waals surface area contributed by atoms with Gasteiger partial charge in [-0.1, -0.05) is 30.3 Å². The van der Waals surface area contributed by atoms with Crippen molar-refractivity contribution >= 4 is 34.3 Å². The first-order valence-electron chi connectivity index (χ1n) is 13.4. The summed E-state index contributed by atoms with van der Waals surface area (Å²) in [6.45, 7) is 4.41. The van der Waals surface area contributed by atoms with Crippen LogP contribution in [0.4, 0.5) is 14.9 Å². The van der Waals surface area contributed by atoms with Gasteiger partial charge in [0.05, 0.1) is 22.2 Å². The van der Waals surface area contributed by atoms with Crippen LogP contribution >= 0.6 is 0 Å². The number of Topliss-reactive ketones (excluding diaryl/α,β-unsaturated/α-hetero) is 1. The predicted molar refractivity (Wildman–Crippen MR) is 149 cm³/mol. The molecule has 2 aromatic carbocycles. The summed E-state index contributed by atoms with van der Waals surface area (Å²) in [7, 11) is 3.42. The van der Waals surface area contributed by atoms with Crippen molar-refractivity contribution in [2.75, 3.05) is 58.3 Å². The molecule has 0 atom stereocenters. The Balaban J connectivity index is 1.47. The summed E-state index contributed by atoms with van der Waals surface area (Å²) >= 11 is 0. The molecule has 0 radical (unpaired) electrons. The van der Waals surface area contributed by atoms with Gasteiger partial charge in [0.25, 0.3) is 5.91 Å². The summed E-state index contributed by atoms with van der Waals surface area (Å²) in [4.78, 5) is 50.8.